The van der Waals surface area contributed by atoms with Gasteiger partial charge in [-0.2, -0.15) is 0 Å². The Balaban J connectivity index is 1.92. The first-order valence-electron chi connectivity index (χ1n) is 7.84. The van der Waals surface area contributed by atoms with Gasteiger partial charge in [0.1, 0.15) is 0 Å². The molecule has 0 bridgehead atoms. The average molecular weight is 369 g/mol. The smallest absolute Gasteiger partial charge is 0.269 e. The van der Waals surface area contributed by atoms with Crippen molar-refractivity contribution in [1.29, 1.82) is 0 Å². The maximum absolute atomic E-state index is 12.3. The summed E-state index contributed by atoms with van der Waals surface area (Å²) in [7, 11) is 4.47. The molecule has 1 saturated heterocycles. The van der Waals surface area contributed by atoms with Crippen LogP contribution in [0, 0.1) is 0 Å². The number of carbonyl (C=O) groups is 1. The van der Waals surface area contributed by atoms with E-state index in [1.54, 1.807) is 12.1 Å². The van der Waals surface area contributed by atoms with Crippen molar-refractivity contribution in [1.82, 2.24) is 16.2 Å². The van der Waals surface area contributed by atoms with E-state index in [1.807, 2.05) is 0 Å². The normalized spacial score (nSPS) is 16.0. The third-order valence-corrected chi connectivity index (χ3v) is 3.98. The summed E-state index contributed by atoms with van der Waals surface area (Å²) in [5.41, 5.74) is 5.53. The number of ether oxygens (including phenoxy) is 4. The Hall–Kier alpha value is -2.26. The highest BCUT2D eigenvalue weighted by Crippen LogP contribution is 2.38. The molecule has 1 atom stereocenters. The first kappa shape index (κ1) is 19.1. The molecular formula is C16H23N3O5S. The van der Waals surface area contributed by atoms with Gasteiger partial charge in [0.15, 0.2) is 16.6 Å². The topological polar surface area (TPSA) is 90.1 Å². The zero-order valence-corrected chi connectivity index (χ0v) is 15.3. The van der Waals surface area contributed by atoms with Crippen LogP contribution in [0.15, 0.2) is 12.1 Å². The number of amides is 1. The predicted octanol–water partition coefficient (Wildman–Crippen LogP) is 1.00. The molecule has 0 aliphatic carbocycles. The Morgan fingerprint density at radius 1 is 1.20 bits per heavy atom. The summed E-state index contributed by atoms with van der Waals surface area (Å²) in [5, 5.41) is 3.32. The van der Waals surface area contributed by atoms with Crippen LogP contribution in [0.2, 0.25) is 0 Å². The van der Waals surface area contributed by atoms with Gasteiger partial charge < -0.3 is 24.3 Å². The molecule has 1 amide bonds. The van der Waals surface area contributed by atoms with Crippen molar-refractivity contribution in [3.63, 3.8) is 0 Å². The van der Waals surface area contributed by atoms with Crippen LogP contribution in [0.5, 0.6) is 17.2 Å². The molecule has 1 aliphatic heterocycles. The molecule has 138 valence electrons. The Morgan fingerprint density at radius 2 is 1.88 bits per heavy atom. The van der Waals surface area contributed by atoms with Gasteiger partial charge in [-0.05, 0) is 37.2 Å². The third-order valence-electron chi connectivity index (χ3n) is 3.73. The number of carbonyl (C=O) groups excluding carboxylic acids is 1. The summed E-state index contributed by atoms with van der Waals surface area (Å²) in [6, 6.07) is 3.11. The number of hydrazine groups is 1. The molecule has 1 aliphatic rings. The van der Waals surface area contributed by atoms with E-state index >= 15 is 0 Å². The van der Waals surface area contributed by atoms with Crippen molar-refractivity contribution in [3.05, 3.63) is 17.7 Å². The minimum Gasteiger partial charge on any atom is -0.493 e. The third kappa shape index (κ3) is 5.10. The number of methoxy groups -OCH3 is 3. The van der Waals surface area contributed by atoms with E-state index in [-0.39, 0.29) is 12.0 Å². The van der Waals surface area contributed by atoms with Gasteiger partial charge in [-0.25, -0.2) is 0 Å². The lowest BCUT2D eigenvalue weighted by molar-refractivity contribution is 0.0942. The lowest BCUT2D eigenvalue weighted by Crippen LogP contribution is -2.48. The van der Waals surface area contributed by atoms with Gasteiger partial charge in [-0.3, -0.25) is 15.6 Å². The molecule has 0 saturated carbocycles. The maximum atomic E-state index is 12.3. The molecule has 1 fully saturated rings. The standard InChI is InChI=1S/C16H23N3O5S/c1-21-12-7-10(8-13(22-2)14(12)23-3)15(20)18-19-16(25)17-9-11-5-4-6-24-11/h7-8,11H,4-6,9H2,1-3H3,(H,18,20)(H2,17,19,25). The van der Waals surface area contributed by atoms with E-state index < -0.39 is 0 Å². The number of rotatable bonds is 6. The van der Waals surface area contributed by atoms with E-state index in [1.165, 1.54) is 21.3 Å². The van der Waals surface area contributed by atoms with Crippen molar-refractivity contribution < 1.29 is 23.7 Å². The van der Waals surface area contributed by atoms with Crippen molar-refractivity contribution in [2.45, 2.75) is 18.9 Å². The lowest BCUT2D eigenvalue weighted by atomic mass is 10.1. The molecule has 1 aromatic rings. The second-order valence-corrected chi connectivity index (χ2v) is 5.75. The first-order chi connectivity index (χ1) is 12.1. The van der Waals surface area contributed by atoms with Gasteiger partial charge >= 0.3 is 0 Å². The molecule has 0 aromatic heterocycles. The van der Waals surface area contributed by atoms with Crippen LogP contribution in [0.25, 0.3) is 0 Å². The number of benzene rings is 1. The van der Waals surface area contributed by atoms with Gasteiger partial charge in [-0.15, -0.1) is 0 Å². The summed E-state index contributed by atoms with van der Waals surface area (Å²) in [6.07, 6.45) is 2.23. The fourth-order valence-electron chi connectivity index (χ4n) is 2.45. The minimum atomic E-state index is -0.388. The second-order valence-electron chi connectivity index (χ2n) is 5.34. The highest BCUT2D eigenvalue weighted by Gasteiger charge is 2.18. The molecule has 0 radical (unpaired) electrons. The average Bonchev–Trinajstić information content (AvgIpc) is 3.16. The predicted molar refractivity (Wildman–Crippen MR) is 96.3 cm³/mol. The van der Waals surface area contributed by atoms with Gasteiger partial charge in [0.05, 0.1) is 27.4 Å². The summed E-state index contributed by atoms with van der Waals surface area (Å²) in [6.45, 7) is 1.39. The highest BCUT2D eigenvalue weighted by atomic mass is 32.1. The molecule has 2 rings (SSSR count). The molecule has 25 heavy (non-hydrogen) atoms. The van der Waals surface area contributed by atoms with Crippen LogP contribution in [-0.2, 0) is 4.74 Å². The van der Waals surface area contributed by atoms with Crippen molar-refractivity contribution in [2.24, 2.45) is 0 Å². The largest absolute Gasteiger partial charge is 0.493 e. The lowest BCUT2D eigenvalue weighted by Gasteiger charge is -2.16. The van der Waals surface area contributed by atoms with E-state index in [0.29, 0.717) is 34.5 Å². The SMILES string of the molecule is COc1cc(C(=O)NNC(=S)NCC2CCCO2)cc(OC)c1OC. The van der Waals surface area contributed by atoms with Crippen molar-refractivity contribution >= 4 is 23.2 Å². The van der Waals surface area contributed by atoms with Crippen LogP contribution in [0.1, 0.15) is 23.2 Å². The second kappa shape index (κ2) is 9.28. The summed E-state index contributed by atoms with van der Waals surface area (Å²) in [4.78, 5) is 12.3. The van der Waals surface area contributed by atoms with Crippen molar-refractivity contribution in [3.8, 4) is 17.2 Å². The van der Waals surface area contributed by atoms with E-state index in [4.69, 9.17) is 31.2 Å². The van der Waals surface area contributed by atoms with Gasteiger partial charge in [0.2, 0.25) is 5.75 Å². The first-order valence-corrected chi connectivity index (χ1v) is 8.25. The number of hydrogen-bond acceptors (Lipinski definition) is 6. The maximum Gasteiger partial charge on any atom is 0.269 e. The summed E-state index contributed by atoms with van der Waals surface area (Å²) < 4.78 is 21.2. The Bertz CT molecular complexity index is 595. The van der Waals surface area contributed by atoms with Crippen LogP contribution in [0.4, 0.5) is 0 Å². The molecule has 1 heterocycles. The van der Waals surface area contributed by atoms with E-state index in [0.717, 1.165) is 19.4 Å². The number of nitrogens with one attached hydrogen (secondary N) is 3. The van der Waals surface area contributed by atoms with Gasteiger partial charge in [0, 0.05) is 18.7 Å². The van der Waals surface area contributed by atoms with Crippen LogP contribution in [-0.4, -0.2) is 51.6 Å². The van der Waals surface area contributed by atoms with Crippen LogP contribution in [0.3, 0.4) is 0 Å². The minimum absolute atomic E-state index is 0.158. The van der Waals surface area contributed by atoms with Crippen molar-refractivity contribution in [2.75, 3.05) is 34.5 Å². The fourth-order valence-corrected chi connectivity index (χ4v) is 2.59. The monoisotopic (exact) mass is 369 g/mol. The molecular weight excluding hydrogens is 346 g/mol. The van der Waals surface area contributed by atoms with E-state index in [2.05, 4.69) is 16.2 Å². The molecule has 8 nitrogen and oxygen atoms in total. The van der Waals surface area contributed by atoms with E-state index in [9.17, 15) is 4.79 Å². The zero-order chi connectivity index (χ0) is 18.2. The van der Waals surface area contributed by atoms with Gasteiger partial charge in [-0.1, -0.05) is 0 Å². The molecule has 9 heteroatoms. The summed E-state index contributed by atoms with van der Waals surface area (Å²) >= 11 is 5.13. The zero-order valence-electron chi connectivity index (χ0n) is 14.5. The van der Waals surface area contributed by atoms with Crippen LogP contribution >= 0.6 is 12.2 Å². The molecule has 0 spiro atoms. The quantitative estimate of drug-likeness (QED) is 0.505. The fraction of sp³-hybridized carbons (Fsp3) is 0.500. The molecule has 3 N–H and O–H groups in total. The Labute approximate surface area is 152 Å². The molecule has 1 unspecified atom stereocenters. The number of thiocarbonyl (C=S) groups is 1. The Morgan fingerprint density at radius 3 is 2.40 bits per heavy atom. The van der Waals surface area contributed by atoms with Crippen LogP contribution < -0.4 is 30.4 Å². The summed E-state index contributed by atoms with van der Waals surface area (Å²) in [5.74, 6) is 0.820. The van der Waals surface area contributed by atoms with Gasteiger partial charge in [0.25, 0.3) is 5.91 Å². The highest BCUT2D eigenvalue weighted by molar-refractivity contribution is 7.80. The number of hydrogen-bond donors (Lipinski definition) is 3. The molecule has 1 aromatic carbocycles. The Kier molecular flexibility index (Phi) is 7.08.